The van der Waals surface area contributed by atoms with Crippen LogP contribution in [0.25, 0.3) is 0 Å². The summed E-state index contributed by atoms with van der Waals surface area (Å²) in [6.45, 7) is 8.11. The molecular formula is C24H34N6O3. The van der Waals surface area contributed by atoms with E-state index in [0.717, 1.165) is 24.7 Å². The molecular weight excluding hydrogens is 420 g/mol. The molecule has 1 aromatic heterocycles. The Morgan fingerprint density at radius 2 is 1.88 bits per heavy atom. The Labute approximate surface area is 194 Å². The normalized spacial score (nSPS) is 26.1. The number of imide groups is 1. The predicted molar refractivity (Wildman–Crippen MR) is 124 cm³/mol. The predicted octanol–water partition coefficient (Wildman–Crippen LogP) is 0.518. The molecule has 5 rings (SSSR count). The number of hydrogen-bond acceptors (Lipinski definition) is 7. The fraction of sp³-hybridized carbons (Fsp3) is 0.667. The molecule has 33 heavy (non-hydrogen) atoms. The molecule has 9 heteroatoms. The molecule has 178 valence electrons. The highest BCUT2D eigenvalue weighted by molar-refractivity contribution is 6.03. The maximum Gasteiger partial charge on any atom is 0.270 e. The van der Waals surface area contributed by atoms with Crippen LogP contribution in [0.2, 0.25) is 0 Å². The summed E-state index contributed by atoms with van der Waals surface area (Å²) in [7, 11) is 0. The van der Waals surface area contributed by atoms with Crippen molar-refractivity contribution in [3.05, 3.63) is 24.0 Å². The topological polar surface area (TPSA) is 107 Å². The number of nitrogens with one attached hydrogen (secondary N) is 3. The van der Waals surface area contributed by atoms with Gasteiger partial charge in [-0.3, -0.25) is 19.7 Å². The van der Waals surface area contributed by atoms with E-state index in [-0.39, 0.29) is 18.0 Å². The zero-order chi connectivity index (χ0) is 22.8. The van der Waals surface area contributed by atoms with Gasteiger partial charge in [0.25, 0.3) is 5.91 Å². The molecule has 1 atom stereocenters. The molecule has 0 aromatic carbocycles. The lowest BCUT2D eigenvalue weighted by Crippen LogP contribution is -2.60. The summed E-state index contributed by atoms with van der Waals surface area (Å²) in [5.74, 6) is -0.288. The fourth-order valence-electron chi connectivity index (χ4n) is 5.67. The van der Waals surface area contributed by atoms with Crippen molar-refractivity contribution < 1.29 is 14.4 Å². The average molecular weight is 455 g/mol. The van der Waals surface area contributed by atoms with E-state index in [0.29, 0.717) is 11.8 Å². The van der Waals surface area contributed by atoms with Crippen LogP contribution in [0, 0.1) is 11.3 Å². The Bertz CT molecular complexity index is 882. The monoisotopic (exact) mass is 454 g/mol. The van der Waals surface area contributed by atoms with E-state index in [1.807, 2.05) is 6.07 Å². The number of anilines is 1. The van der Waals surface area contributed by atoms with Gasteiger partial charge in [0.05, 0.1) is 11.9 Å². The summed E-state index contributed by atoms with van der Waals surface area (Å²) in [6, 6.07) is 2.96. The molecule has 1 spiro atoms. The van der Waals surface area contributed by atoms with Crippen molar-refractivity contribution in [2.45, 2.75) is 44.6 Å². The Kier molecular flexibility index (Phi) is 6.34. The number of likely N-dealkylation sites (tertiary alicyclic amines) is 1. The Morgan fingerprint density at radius 1 is 1.12 bits per heavy atom. The van der Waals surface area contributed by atoms with Crippen molar-refractivity contribution in [3.8, 4) is 0 Å². The fourth-order valence-corrected chi connectivity index (χ4v) is 5.67. The third-order valence-corrected chi connectivity index (χ3v) is 7.83. The van der Waals surface area contributed by atoms with Crippen molar-refractivity contribution in [3.63, 3.8) is 0 Å². The summed E-state index contributed by atoms with van der Waals surface area (Å²) < 4.78 is 0. The van der Waals surface area contributed by atoms with Gasteiger partial charge in [-0.2, -0.15) is 0 Å². The Hall–Kier alpha value is -2.52. The third-order valence-electron chi connectivity index (χ3n) is 7.83. The molecule has 4 saturated heterocycles. The van der Waals surface area contributed by atoms with Crippen molar-refractivity contribution >= 4 is 23.4 Å². The van der Waals surface area contributed by atoms with Crippen LogP contribution in [-0.4, -0.2) is 79.5 Å². The van der Waals surface area contributed by atoms with Gasteiger partial charge in [0.2, 0.25) is 11.8 Å². The van der Waals surface area contributed by atoms with Crippen molar-refractivity contribution in [1.29, 1.82) is 0 Å². The summed E-state index contributed by atoms with van der Waals surface area (Å²) in [6.07, 6.45) is 7.43. The Balaban J connectivity index is 1.08. The quantitative estimate of drug-likeness (QED) is 0.557. The van der Waals surface area contributed by atoms with Gasteiger partial charge in [0.1, 0.15) is 11.7 Å². The van der Waals surface area contributed by atoms with Gasteiger partial charge in [-0.15, -0.1) is 0 Å². The van der Waals surface area contributed by atoms with Crippen LogP contribution < -0.4 is 20.9 Å². The summed E-state index contributed by atoms with van der Waals surface area (Å²) in [4.78, 5) is 44.9. The van der Waals surface area contributed by atoms with E-state index in [1.54, 1.807) is 12.3 Å². The molecule has 0 saturated carbocycles. The standard InChI is InChI=1S/C24H34N6O3/c31-21-4-3-20(23(33)28-21)27-22(32)19-2-1-18(13-26-19)30-15-24(16-30)7-11-29(12-8-24)14-17-5-9-25-10-6-17/h1-2,13,17,20,25H,3-12,14-16H2,(H,27,32)(H,28,31,33). The number of aromatic nitrogens is 1. The van der Waals surface area contributed by atoms with Crippen LogP contribution in [0.1, 0.15) is 49.0 Å². The number of rotatable bonds is 5. The van der Waals surface area contributed by atoms with Crippen molar-refractivity contribution in [1.82, 2.24) is 25.8 Å². The lowest BCUT2D eigenvalue weighted by atomic mass is 9.71. The van der Waals surface area contributed by atoms with Crippen LogP contribution in [0.5, 0.6) is 0 Å². The first kappa shape index (κ1) is 22.3. The van der Waals surface area contributed by atoms with E-state index in [1.165, 1.54) is 58.4 Å². The number of piperidine rings is 3. The molecule has 3 N–H and O–H groups in total. The van der Waals surface area contributed by atoms with Crippen LogP contribution in [0.15, 0.2) is 18.3 Å². The maximum atomic E-state index is 12.5. The number of pyridine rings is 1. The lowest BCUT2D eigenvalue weighted by molar-refractivity contribution is -0.134. The number of nitrogens with zero attached hydrogens (tertiary/aromatic N) is 3. The SMILES string of the molecule is O=C1CCC(NC(=O)c2ccc(N3CC4(CCN(CC5CCNCC5)CC4)C3)cn2)C(=O)N1. The zero-order valence-corrected chi connectivity index (χ0v) is 19.1. The zero-order valence-electron chi connectivity index (χ0n) is 19.1. The first-order chi connectivity index (χ1) is 16.0. The number of carbonyl (C=O) groups excluding carboxylic acids is 3. The summed E-state index contributed by atoms with van der Waals surface area (Å²) >= 11 is 0. The van der Waals surface area contributed by atoms with E-state index in [2.05, 4.69) is 30.7 Å². The van der Waals surface area contributed by atoms with Gasteiger partial charge in [-0.25, -0.2) is 4.98 Å². The second kappa shape index (κ2) is 9.38. The van der Waals surface area contributed by atoms with Crippen LogP contribution in [-0.2, 0) is 9.59 Å². The minimum atomic E-state index is -0.687. The van der Waals surface area contributed by atoms with Crippen LogP contribution >= 0.6 is 0 Å². The van der Waals surface area contributed by atoms with Gasteiger partial charge in [-0.1, -0.05) is 0 Å². The maximum absolute atomic E-state index is 12.5. The van der Waals surface area contributed by atoms with Gasteiger partial charge < -0.3 is 20.4 Å². The molecule has 0 aliphatic carbocycles. The average Bonchev–Trinajstić information content (AvgIpc) is 2.81. The second-order valence-corrected chi connectivity index (χ2v) is 10.2. The third kappa shape index (κ3) is 5.04. The van der Waals surface area contributed by atoms with Crippen LogP contribution in [0.3, 0.4) is 0 Å². The molecule has 1 aromatic rings. The largest absolute Gasteiger partial charge is 0.369 e. The molecule has 3 amide bonds. The molecule has 5 heterocycles. The van der Waals surface area contributed by atoms with Gasteiger partial charge in [0, 0.05) is 31.5 Å². The second-order valence-electron chi connectivity index (χ2n) is 10.2. The summed E-state index contributed by atoms with van der Waals surface area (Å²) in [5.41, 5.74) is 1.74. The highest BCUT2D eigenvalue weighted by Gasteiger charge is 2.45. The van der Waals surface area contributed by atoms with Gasteiger partial charge >= 0.3 is 0 Å². The first-order valence-corrected chi connectivity index (χ1v) is 12.3. The molecule has 4 fully saturated rings. The molecule has 0 bridgehead atoms. The van der Waals surface area contributed by atoms with E-state index < -0.39 is 17.9 Å². The van der Waals surface area contributed by atoms with E-state index >= 15 is 0 Å². The molecule has 9 nitrogen and oxygen atoms in total. The molecule has 4 aliphatic rings. The molecule has 0 radical (unpaired) electrons. The Morgan fingerprint density at radius 3 is 2.55 bits per heavy atom. The highest BCUT2D eigenvalue weighted by atomic mass is 16.2. The number of hydrogen-bond donors (Lipinski definition) is 3. The van der Waals surface area contributed by atoms with E-state index in [9.17, 15) is 14.4 Å². The highest BCUT2D eigenvalue weighted by Crippen LogP contribution is 2.42. The number of carbonyl (C=O) groups is 3. The first-order valence-electron chi connectivity index (χ1n) is 12.3. The minimum absolute atomic E-state index is 0.232. The summed E-state index contributed by atoms with van der Waals surface area (Å²) in [5, 5.41) is 8.38. The number of amides is 3. The smallest absolute Gasteiger partial charge is 0.270 e. The van der Waals surface area contributed by atoms with Gasteiger partial charge in [-0.05, 0) is 76.3 Å². The molecule has 4 aliphatic heterocycles. The van der Waals surface area contributed by atoms with Crippen molar-refractivity contribution in [2.75, 3.05) is 50.7 Å². The van der Waals surface area contributed by atoms with E-state index in [4.69, 9.17) is 0 Å². The van der Waals surface area contributed by atoms with Gasteiger partial charge in [0.15, 0.2) is 0 Å². The van der Waals surface area contributed by atoms with Crippen molar-refractivity contribution in [2.24, 2.45) is 11.3 Å². The molecule has 1 unspecified atom stereocenters. The minimum Gasteiger partial charge on any atom is -0.369 e. The van der Waals surface area contributed by atoms with Crippen LogP contribution in [0.4, 0.5) is 5.69 Å². The lowest BCUT2D eigenvalue weighted by Gasteiger charge is -2.55.